The molecule has 0 bridgehead atoms. The van der Waals surface area contributed by atoms with Crippen LogP contribution in [0.1, 0.15) is 25.7 Å². The molecular weight excluding hydrogens is 258 g/mol. The molecule has 0 saturated carbocycles. The summed E-state index contributed by atoms with van der Waals surface area (Å²) in [4.78, 5) is 10.9. The lowest BCUT2D eigenvalue weighted by atomic mass is 10.2. The summed E-state index contributed by atoms with van der Waals surface area (Å²) < 4.78 is 31.2. The van der Waals surface area contributed by atoms with Crippen molar-refractivity contribution in [3.8, 4) is 6.07 Å². The van der Waals surface area contributed by atoms with Crippen molar-refractivity contribution in [2.24, 2.45) is 0 Å². The molecule has 0 saturated heterocycles. The van der Waals surface area contributed by atoms with Gasteiger partial charge in [-0.15, -0.1) is 0 Å². The molecule has 104 valence electrons. The fourth-order valence-electron chi connectivity index (χ4n) is 1.11. The maximum absolute atomic E-state index is 11.7. The highest BCUT2D eigenvalue weighted by atomic mass is 32.2. The van der Waals surface area contributed by atoms with Crippen molar-refractivity contribution in [1.82, 2.24) is 9.03 Å². The number of unbranched alkanes of at least 4 members (excludes halogenated alkanes) is 2. The molecule has 0 atom stereocenters. The molecule has 0 spiro atoms. The van der Waals surface area contributed by atoms with Crippen molar-refractivity contribution < 1.29 is 17.9 Å². The summed E-state index contributed by atoms with van der Waals surface area (Å²) in [5.41, 5.74) is 0. The average molecular weight is 277 g/mol. The third kappa shape index (κ3) is 7.21. The number of ether oxygens (including phenoxy) is 1. The second kappa shape index (κ2) is 8.85. The molecule has 18 heavy (non-hydrogen) atoms. The number of hydrogen-bond acceptors (Lipinski definition) is 5. The Hall–Kier alpha value is -1.17. The largest absolute Gasteiger partial charge is 0.469 e. The zero-order valence-electron chi connectivity index (χ0n) is 10.7. The minimum absolute atomic E-state index is 0.0162. The van der Waals surface area contributed by atoms with E-state index in [0.717, 1.165) is 4.31 Å². The number of esters is 1. The second-order valence-electron chi connectivity index (χ2n) is 3.66. The summed E-state index contributed by atoms with van der Waals surface area (Å²) in [6.07, 6.45) is 1.70. The normalized spacial score (nSPS) is 11.2. The van der Waals surface area contributed by atoms with Crippen LogP contribution >= 0.6 is 0 Å². The molecule has 0 aliphatic rings. The number of carbonyl (C=O) groups excluding carboxylic acids is 1. The standard InChI is InChI=1S/C10H19N3O4S/c1-13(9-6-10(14)17-2)18(15,16)12-8-5-3-4-7-11/h12H,3-6,8-9H2,1-2H3. The maximum atomic E-state index is 11.7. The summed E-state index contributed by atoms with van der Waals surface area (Å²) in [6.45, 7) is 0.354. The van der Waals surface area contributed by atoms with Gasteiger partial charge in [-0.2, -0.15) is 18.0 Å². The fraction of sp³-hybridized carbons (Fsp3) is 0.800. The minimum Gasteiger partial charge on any atom is -0.469 e. The summed E-state index contributed by atoms with van der Waals surface area (Å²) in [7, 11) is -0.915. The van der Waals surface area contributed by atoms with Crippen LogP contribution in [0.15, 0.2) is 0 Å². The molecule has 0 aromatic carbocycles. The first-order valence-electron chi connectivity index (χ1n) is 5.58. The lowest BCUT2D eigenvalue weighted by Crippen LogP contribution is -2.39. The quantitative estimate of drug-likeness (QED) is 0.472. The number of hydrogen-bond donors (Lipinski definition) is 1. The number of methoxy groups -OCH3 is 1. The summed E-state index contributed by atoms with van der Waals surface area (Å²) >= 11 is 0. The van der Waals surface area contributed by atoms with Crippen molar-refractivity contribution in [2.45, 2.75) is 25.7 Å². The van der Waals surface area contributed by atoms with Crippen LogP contribution < -0.4 is 4.72 Å². The molecule has 1 N–H and O–H groups in total. The van der Waals surface area contributed by atoms with E-state index in [1.807, 2.05) is 6.07 Å². The van der Waals surface area contributed by atoms with Crippen molar-refractivity contribution in [3.05, 3.63) is 0 Å². The van der Waals surface area contributed by atoms with Gasteiger partial charge in [-0.3, -0.25) is 4.79 Å². The molecule has 0 heterocycles. The van der Waals surface area contributed by atoms with E-state index < -0.39 is 16.2 Å². The van der Waals surface area contributed by atoms with Crippen LogP contribution in [0.4, 0.5) is 0 Å². The zero-order chi connectivity index (χ0) is 14.0. The van der Waals surface area contributed by atoms with E-state index in [-0.39, 0.29) is 19.5 Å². The van der Waals surface area contributed by atoms with Gasteiger partial charge in [0.05, 0.1) is 19.6 Å². The first-order chi connectivity index (χ1) is 8.44. The first-order valence-corrected chi connectivity index (χ1v) is 7.02. The van der Waals surface area contributed by atoms with Gasteiger partial charge in [-0.1, -0.05) is 0 Å². The van der Waals surface area contributed by atoms with Crippen LogP contribution in [-0.2, 0) is 19.7 Å². The lowest BCUT2D eigenvalue weighted by molar-refractivity contribution is -0.140. The molecule has 0 aromatic rings. The highest BCUT2D eigenvalue weighted by Gasteiger charge is 2.17. The Morgan fingerprint density at radius 1 is 1.44 bits per heavy atom. The molecule has 0 aromatic heterocycles. The number of nitrogens with one attached hydrogen (secondary N) is 1. The van der Waals surface area contributed by atoms with E-state index in [4.69, 9.17) is 5.26 Å². The number of carbonyl (C=O) groups is 1. The number of nitriles is 1. The lowest BCUT2D eigenvalue weighted by Gasteiger charge is -2.16. The Morgan fingerprint density at radius 3 is 2.67 bits per heavy atom. The molecule has 0 amide bonds. The topological polar surface area (TPSA) is 99.5 Å². The summed E-state index contributed by atoms with van der Waals surface area (Å²) in [5, 5.41) is 8.32. The highest BCUT2D eigenvalue weighted by molar-refractivity contribution is 7.87. The third-order valence-electron chi connectivity index (χ3n) is 2.27. The van der Waals surface area contributed by atoms with E-state index in [9.17, 15) is 13.2 Å². The molecule has 0 fully saturated rings. The number of nitrogens with zero attached hydrogens (tertiary/aromatic N) is 2. The Labute approximate surface area is 108 Å². The molecule has 0 aliphatic carbocycles. The molecule has 0 aliphatic heterocycles. The molecule has 7 nitrogen and oxygen atoms in total. The van der Waals surface area contributed by atoms with Crippen LogP contribution in [-0.4, -0.2) is 45.9 Å². The van der Waals surface area contributed by atoms with Crippen LogP contribution in [0, 0.1) is 11.3 Å². The van der Waals surface area contributed by atoms with Gasteiger partial charge in [0.15, 0.2) is 0 Å². The van der Waals surface area contributed by atoms with Gasteiger partial charge >= 0.3 is 5.97 Å². The smallest absolute Gasteiger partial charge is 0.306 e. The second-order valence-corrected chi connectivity index (χ2v) is 5.52. The SMILES string of the molecule is COC(=O)CCN(C)S(=O)(=O)NCCCCC#N. The zero-order valence-corrected chi connectivity index (χ0v) is 11.5. The van der Waals surface area contributed by atoms with Crippen molar-refractivity contribution in [1.29, 1.82) is 5.26 Å². The molecule has 0 radical (unpaired) electrons. The van der Waals surface area contributed by atoms with Gasteiger partial charge in [-0.05, 0) is 12.8 Å². The van der Waals surface area contributed by atoms with Gasteiger partial charge in [0.1, 0.15) is 0 Å². The van der Waals surface area contributed by atoms with Gasteiger partial charge in [0, 0.05) is 26.6 Å². The monoisotopic (exact) mass is 277 g/mol. The van der Waals surface area contributed by atoms with Gasteiger partial charge in [0.2, 0.25) is 0 Å². The van der Waals surface area contributed by atoms with Gasteiger partial charge in [-0.25, -0.2) is 4.72 Å². The molecule has 0 rings (SSSR count). The summed E-state index contributed by atoms with van der Waals surface area (Å²) in [6, 6.07) is 1.99. The fourth-order valence-corrected chi connectivity index (χ4v) is 2.07. The van der Waals surface area contributed by atoms with Crippen molar-refractivity contribution in [2.75, 3.05) is 27.2 Å². The Balaban J connectivity index is 3.97. The molecular formula is C10H19N3O4S. The van der Waals surface area contributed by atoms with E-state index in [1.165, 1.54) is 14.2 Å². The third-order valence-corrected chi connectivity index (χ3v) is 3.84. The minimum atomic E-state index is -3.56. The molecule has 8 heteroatoms. The Morgan fingerprint density at radius 2 is 2.11 bits per heavy atom. The van der Waals surface area contributed by atoms with Crippen LogP contribution in [0.3, 0.4) is 0 Å². The van der Waals surface area contributed by atoms with Crippen LogP contribution in [0.25, 0.3) is 0 Å². The Kier molecular flexibility index (Phi) is 8.28. The molecule has 0 unspecified atom stereocenters. The van der Waals surface area contributed by atoms with E-state index >= 15 is 0 Å². The summed E-state index contributed by atoms with van der Waals surface area (Å²) in [5.74, 6) is -0.453. The maximum Gasteiger partial charge on any atom is 0.306 e. The Bertz CT molecular complexity index is 388. The predicted molar refractivity (Wildman–Crippen MR) is 65.6 cm³/mol. The number of rotatable bonds is 9. The van der Waals surface area contributed by atoms with Crippen molar-refractivity contribution >= 4 is 16.2 Å². The van der Waals surface area contributed by atoms with E-state index in [0.29, 0.717) is 19.3 Å². The van der Waals surface area contributed by atoms with E-state index in [1.54, 1.807) is 0 Å². The van der Waals surface area contributed by atoms with Crippen LogP contribution in [0.2, 0.25) is 0 Å². The highest BCUT2D eigenvalue weighted by Crippen LogP contribution is 1.98. The van der Waals surface area contributed by atoms with Crippen molar-refractivity contribution in [3.63, 3.8) is 0 Å². The van der Waals surface area contributed by atoms with E-state index in [2.05, 4.69) is 9.46 Å². The first kappa shape index (κ1) is 16.8. The predicted octanol–water partition coefficient (Wildman–Crippen LogP) is 0.00958. The van der Waals surface area contributed by atoms with Crippen LogP contribution in [0.5, 0.6) is 0 Å². The van der Waals surface area contributed by atoms with Gasteiger partial charge in [0.25, 0.3) is 10.2 Å². The average Bonchev–Trinajstić information content (AvgIpc) is 2.34. The van der Waals surface area contributed by atoms with Gasteiger partial charge < -0.3 is 4.74 Å².